The largest absolute Gasteiger partial charge is 0.392 e. The summed E-state index contributed by atoms with van der Waals surface area (Å²) in [6.45, 7) is 6.79. The van der Waals surface area contributed by atoms with Gasteiger partial charge < -0.3 is 5.11 Å². The van der Waals surface area contributed by atoms with Gasteiger partial charge in [-0.05, 0) is 37.5 Å². The SMILES string of the molecule is CC1(C)CC2=CCCC[C@]2(C)[C@@H](O)C1. The Morgan fingerprint density at radius 1 is 1.36 bits per heavy atom. The summed E-state index contributed by atoms with van der Waals surface area (Å²) in [6.07, 6.45) is 8.04. The molecule has 0 heterocycles. The third-order valence-electron chi connectivity index (χ3n) is 4.17. The molecule has 1 N–H and O–H groups in total. The molecule has 0 bridgehead atoms. The zero-order valence-electron chi connectivity index (χ0n) is 9.64. The highest BCUT2D eigenvalue weighted by Crippen LogP contribution is 2.52. The molecule has 1 saturated carbocycles. The van der Waals surface area contributed by atoms with E-state index < -0.39 is 0 Å². The Kier molecular flexibility index (Phi) is 2.26. The molecule has 2 atom stereocenters. The standard InChI is InChI=1S/C13H22O/c1-12(2)8-10-6-4-5-7-13(10,3)11(14)9-12/h6,11,14H,4-5,7-9H2,1-3H3/t11-,13-/m0/s1. The van der Waals surface area contributed by atoms with Crippen molar-refractivity contribution in [2.24, 2.45) is 10.8 Å². The van der Waals surface area contributed by atoms with Crippen molar-refractivity contribution in [1.29, 1.82) is 0 Å². The number of allylic oxidation sites excluding steroid dienone is 1. The van der Waals surface area contributed by atoms with Gasteiger partial charge in [0.1, 0.15) is 0 Å². The molecule has 1 nitrogen and oxygen atoms in total. The van der Waals surface area contributed by atoms with E-state index in [1.807, 2.05) is 0 Å². The lowest BCUT2D eigenvalue weighted by Gasteiger charge is -2.49. The van der Waals surface area contributed by atoms with Crippen LogP contribution in [0.1, 0.15) is 52.9 Å². The van der Waals surface area contributed by atoms with E-state index >= 15 is 0 Å². The van der Waals surface area contributed by atoms with Gasteiger partial charge in [0.05, 0.1) is 6.10 Å². The molecular weight excluding hydrogens is 172 g/mol. The maximum atomic E-state index is 10.3. The minimum atomic E-state index is -0.127. The normalized spacial score (nSPS) is 41.4. The van der Waals surface area contributed by atoms with Gasteiger partial charge in [-0.3, -0.25) is 0 Å². The lowest BCUT2D eigenvalue weighted by Crippen LogP contribution is -2.44. The van der Waals surface area contributed by atoms with Crippen molar-refractivity contribution in [3.63, 3.8) is 0 Å². The van der Waals surface area contributed by atoms with Crippen molar-refractivity contribution in [3.8, 4) is 0 Å². The molecule has 2 rings (SSSR count). The highest BCUT2D eigenvalue weighted by atomic mass is 16.3. The second-order valence-corrected chi connectivity index (χ2v) is 6.10. The zero-order valence-corrected chi connectivity index (χ0v) is 9.64. The molecule has 0 unspecified atom stereocenters. The molecule has 1 fully saturated rings. The van der Waals surface area contributed by atoms with E-state index in [0.29, 0.717) is 5.41 Å². The number of aliphatic hydroxyl groups is 1. The molecule has 0 saturated heterocycles. The Morgan fingerprint density at radius 2 is 2.07 bits per heavy atom. The topological polar surface area (TPSA) is 20.2 Å². The molecular formula is C13H22O. The summed E-state index contributed by atoms with van der Waals surface area (Å²) in [5.74, 6) is 0. The maximum Gasteiger partial charge on any atom is 0.0636 e. The van der Waals surface area contributed by atoms with E-state index in [4.69, 9.17) is 0 Å². The van der Waals surface area contributed by atoms with Crippen LogP contribution in [-0.2, 0) is 0 Å². The van der Waals surface area contributed by atoms with Crippen LogP contribution in [0.15, 0.2) is 11.6 Å². The van der Waals surface area contributed by atoms with Crippen molar-refractivity contribution in [2.75, 3.05) is 0 Å². The van der Waals surface area contributed by atoms with Gasteiger partial charge in [0, 0.05) is 5.41 Å². The van der Waals surface area contributed by atoms with Gasteiger partial charge in [0.25, 0.3) is 0 Å². The molecule has 0 aromatic heterocycles. The smallest absolute Gasteiger partial charge is 0.0636 e. The molecule has 1 heteroatoms. The van der Waals surface area contributed by atoms with Crippen molar-refractivity contribution >= 4 is 0 Å². The van der Waals surface area contributed by atoms with Crippen molar-refractivity contribution in [2.45, 2.75) is 59.0 Å². The van der Waals surface area contributed by atoms with Crippen LogP contribution in [0, 0.1) is 10.8 Å². The minimum Gasteiger partial charge on any atom is -0.392 e. The Hall–Kier alpha value is -0.300. The average molecular weight is 194 g/mol. The van der Waals surface area contributed by atoms with Gasteiger partial charge in [-0.15, -0.1) is 0 Å². The summed E-state index contributed by atoms with van der Waals surface area (Å²) < 4.78 is 0. The first-order valence-electron chi connectivity index (χ1n) is 5.82. The highest BCUT2D eigenvalue weighted by Gasteiger charge is 2.45. The highest BCUT2D eigenvalue weighted by molar-refractivity contribution is 5.23. The third-order valence-corrected chi connectivity index (χ3v) is 4.17. The van der Waals surface area contributed by atoms with Crippen molar-refractivity contribution < 1.29 is 5.11 Å². The number of fused-ring (bicyclic) bond motifs is 1. The maximum absolute atomic E-state index is 10.3. The van der Waals surface area contributed by atoms with Crippen LogP contribution in [0.4, 0.5) is 0 Å². The van der Waals surface area contributed by atoms with Crippen LogP contribution in [0.2, 0.25) is 0 Å². The molecule has 0 aromatic carbocycles. The quantitative estimate of drug-likeness (QED) is 0.587. The molecule has 0 spiro atoms. The average Bonchev–Trinajstić information content (AvgIpc) is 2.06. The van der Waals surface area contributed by atoms with E-state index in [-0.39, 0.29) is 11.5 Å². The Labute approximate surface area is 87.2 Å². The van der Waals surface area contributed by atoms with Crippen LogP contribution in [-0.4, -0.2) is 11.2 Å². The Balaban J connectivity index is 2.31. The van der Waals surface area contributed by atoms with Crippen LogP contribution in [0.25, 0.3) is 0 Å². The summed E-state index contributed by atoms with van der Waals surface area (Å²) in [7, 11) is 0. The van der Waals surface area contributed by atoms with E-state index in [0.717, 1.165) is 6.42 Å². The minimum absolute atomic E-state index is 0.105. The molecule has 0 amide bonds. The second-order valence-electron chi connectivity index (χ2n) is 6.10. The summed E-state index contributed by atoms with van der Waals surface area (Å²) in [5, 5.41) is 10.3. The summed E-state index contributed by atoms with van der Waals surface area (Å²) in [6, 6.07) is 0. The first-order valence-corrected chi connectivity index (χ1v) is 5.82. The molecule has 0 aliphatic heterocycles. The Morgan fingerprint density at radius 3 is 2.79 bits per heavy atom. The second kappa shape index (κ2) is 3.10. The Bertz CT molecular complexity index is 264. The van der Waals surface area contributed by atoms with Crippen molar-refractivity contribution in [3.05, 3.63) is 11.6 Å². The van der Waals surface area contributed by atoms with Gasteiger partial charge >= 0.3 is 0 Å². The van der Waals surface area contributed by atoms with Crippen LogP contribution in [0.3, 0.4) is 0 Å². The van der Waals surface area contributed by atoms with Crippen LogP contribution in [0.5, 0.6) is 0 Å². The van der Waals surface area contributed by atoms with Gasteiger partial charge in [-0.1, -0.05) is 32.4 Å². The lowest BCUT2D eigenvalue weighted by molar-refractivity contribution is -0.0138. The molecule has 2 aliphatic rings. The summed E-state index contributed by atoms with van der Waals surface area (Å²) >= 11 is 0. The lowest BCUT2D eigenvalue weighted by atomic mass is 9.58. The molecule has 2 aliphatic carbocycles. The number of hydrogen-bond donors (Lipinski definition) is 1. The van der Waals surface area contributed by atoms with Crippen molar-refractivity contribution in [1.82, 2.24) is 0 Å². The predicted octanol–water partition coefficient (Wildman–Crippen LogP) is 3.28. The van der Waals surface area contributed by atoms with E-state index in [1.54, 1.807) is 0 Å². The monoisotopic (exact) mass is 194 g/mol. The van der Waals surface area contributed by atoms with E-state index in [2.05, 4.69) is 26.8 Å². The van der Waals surface area contributed by atoms with Gasteiger partial charge in [0.2, 0.25) is 0 Å². The fourth-order valence-corrected chi connectivity index (χ4v) is 3.13. The van der Waals surface area contributed by atoms with Gasteiger partial charge in [-0.2, -0.15) is 0 Å². The van der Waals surface area contributed by atoms with E-state index in [9.17, 15) is 5.11 Å². The molecule has 0 aromatic rings. The first kappa shape index (κ1) is 10.2. The number of hydrogen-bond acceptors (Lipinski definition) is 1. The van der Waals surface area contributed by atoms with Crippen LogP contribution < -0.4 is 0 Å². The van der Waals surface area contributed by atoms with Crippen LogP contribution >= 0.6 is 0 Å². The number of aliphatic hydroxyl groups excluding tert-OH is 1. The van der Waals surface area contributed by atoms with Gasteiger partial charge in [0.15, 0.2) is 0 Å². The molecule has 14 heavy (non-hydrogen) atoms. The third kappa shape index (κ3) is 1.52. The zero-order chi connectivity index (χ0) is 10.4. The molecule has 80 valence electrons. The fourth-order valence-electron chi connectivity index (χ4n) is 3.13. The first-order chi connectivity index (χ1) is 6.44. The predicted molar refractivity (Wildman–Crippen MR) is 59.1 cm³/mol. The summed E-state index contributed by atoms with van der Waals surface area (Å²) in [4.78, 5) is 0. The fraction of sp³-hybridized carbons (Fsp3) is 0.846. The molecule has 0 radical (unpaired) electrons. The summed E-state index contributed by atoms with van der Waals surface area (Å²) in [5.41, 5.74) is 1.92. The number of rotatable bonds is 0. The van der Waals surface area contributed by atoms with E-state index in [1.165, 1.54) is 31.3 Å². The van der Waals surface area contributed by atoms with Gasteiger partial charge in [-0.25, -0.2) is 0 Å².